The predicted octanol–water partition coefficient (Wildman–Crippen LogP) is 6.60. The topological polar surface area (TPSA) is 201 Å². The van der Waals surface area contributed by atoms with Crippen LogP contribution in [0.5, 0.6) is 11.5 Å². The lowest BCUT2D eigenvalue weighted by atomic mass is 10.1. The van der Waals surface area contributed by atoms with Gasteiger partial charge in [0.25, 0.3) is 15.9 Å². The molecule has 0 spiro atoms. The van der Waals surface area contributed by atoms with Crippen LogP contribution in [0.4, 0.5) is 11.5 Å². The lowest BCUT2D eigenvalue weighted by molar-refractivity contribution is -0.121. The summed E-state index contributed by atoms with van der Waals surface area (Å²) in [5, 5.41) is 25.1. The number of hydrogen-bond acceptors (Lipinski definition) is 9. The Labute approximate surface area is 323 Å². The number of aromatic nitrogens is 3. The standard InChI is InChI=1S/C40H40ClN7O6S/c41-32-25-45-38-30(32)8-6-9-33(38)48-55(52,53)29-18-14-27(15-19-29)24-44-37(50)11-2-1-5-21-43-40(51)28-16-12-26(13-17-28)20-22-54-36-23-34(46-47-39(36)42)31-7-3-4-10-35(31)49/h3-4,6-10,12-19,23,25,45,48-49H,1-2,5,11,20-22,24H2,(H2,42,47)(H,43,51)(H,44,50). The zero-order valence-electron chi connectivity index (χ0n) is 29.7. The number of phenolic OH excluding ortho intramolecular Hbond substituents is 1. The van der Waals surface area contributed by atoms with Gasteiger partial charge in [0.15, 0.2) is 11.6 Å². The average Bonchev–Trinajstić information content (AvgIpc) is 3.57. The number of para-hydroxylation sites is 2. The van der Waals surface area contributed by atoms with Crippen molar-refractivity contribution in [2.75, 3.05) is 23.6 Å². The number of nitrogens with two attached hydrogens (primary N) is 1. The largest absolute Gasteiger partial charge is 0.507 e. The fourth-order valence-electron chi connectivity index (χ4n) is 5.80. The summed E-state index contributed by atoms with van der Waals surface area (Å²) >= 11 is 6.16. The number of anilines is 2. The Kier molecular flexibility index (Phi) is 12.5. The Morgan fingerprint density at radius 3 is 2.42 bits per heavy atom. The number of H-pyrrole nitrogens is 1. The number of ether oxygens (including phenoxy) is 1. The molecule has 0 atom stereocenters. The van der Waals surface area contributed by atoms with E-state index in [0.717, 1.165) is 24.0 Å². The van der Waals surface area contributed by atoms with Crippen molar-refractivity contribution < 1.29 is 27.9 Å². The third-order valence-corrected chi connectivity index (χ3v) is 10.5. The van der Waals surface area contributed by atoms with Crippen LogP contribution in [0.15, 0.2) is 108 Å². The van der Waals surface area contributed by atoms with Crippen LogP contribution in [-0.2, 0) is 27.8 Å². The molecule has 15 heteroatoms. The highest BCUT2D eigenvalue weighted by atomic mass is 35.5. The molecule has 6 rings (SSSR count). The molecule has 0 aliphatic rings. The van der Waals surface area contributed by atoms with Crippen molar-refractivity contribution in [3.8, 4) is 22.8 Å². The normalized spacial score (nSPS) is 11.3. The van der Waals surface area contributed by atoms with E-state index in [-0.39, 0.29) is 34.8 Å². The highest BCUT2D eigenvalue weighted by molar-refractivity contribution is 7.92. The van der Waals surface area contributed by atoms with Crippen molar-refractivity contribution in [3.63, 3.8) is 0 Å². The van der Waals surface area contributed by atoms with Crippen LogP contribution in [0.2, 0.25) is 5.02 Å². The molecule has 7 N–H and O–H groups in total. The number of benzene rings is 4. The summed E-state index contributed by atoms with van der Waals surface area (Å²) in [5.41, 5.74) is 10.2. The fraction of sp³-hybridized carbons (Fsp3) is 0.200. The zero-order chi connectivity index (χ0) is 38.8. The molecule has 13 nitrogen and oxygen atoms in total. The van der Waals surface area contributed by atoms with Crippen LogP contribution in [-0.4, -0.2) is 53.7 Å². The predicted molar refractivity (Wildman–Crippen MR) is 212 cm³/mol. The highest BCUT2D eigenvalue weighted by Gasteiger charge is 2.17. The Hall–Kier alpha value is -6.12. The number of sulfonamides is 1. The first-order chi connectivity index (χ1) is 26.6. The number of unbranched alkanes of at least 4 members (excludes halogenated alkanes) is 2. The number of aromatic hydroxyl groups is 1. The van der Waals surface area contributed by atoms with Gasteiger partial charge in [-0.1, -0.05) is 66.6 Å². The number of nitrogens with one attached hydrogen (secondary N) is 4. The number of nitrogens with zero attached hydrogens (tertiary/aromatic N) is 2. The van der Waals surface area contributed by atoms with E-state index in [1.54, 1.807) is 79.0 Å². The van der Waals surface area contributed by atoms with Crippen molar-refractivity contribution in [2.45, 2.75) is 43.5 Å². The Bertz CT molecular complexity index is 2390. The van der Waals surface area contributed by atoms with Gasteiger partial charge >= 0.3 is 0 Å². The molecule has 6 aromatic rings. The summed E-state index contributed by atoms with van der Waals surface area (Å²) in [6.07, 6.45) is 4.67. The van der Waals surface area contributed by atoms with Gasteiger partial charge in [-0.2, -0.15) is 0 Å². The molecule has 0 bridgehead atoms. The maximum absolute atomic E-state index is 13.0. The molecular formula is C40H40ClN7O6S. The van der Waals surface area contributed by atoms with Crippen LogP contribution < -0.4 is 25.8 Å². The first kappa shape index (κ1) is 38.6. The van der Waals surface area contributed by atoms with Gasteiger partial charge in [-0.05, 0) is 66.4 Å². The summed E-state index contributed by atoms with van der Waals surface area (Å²) in [7, 11) is -3.85. The zero-order valence-corrected chi connectivity index (χ0v) is 31.3. The number of rotatable bonds is 17. The van der Waals surface area contributed by atoms with E-state index in [1.165, 1.54) is 12.1 Å². The fourth-order valence-corrected chi connectivity index (χ4v) is 7.08. The minimum Gasteiger partial charge on any atom is -0.507 e. The maximum atomic E-state index is 13.0. The second-order valence-electron chi connectivity index (χ2n) is 12.7. The summed E-state index contributed by atoms with van der Waals surface area (Å²) in [6.45, 7) is 1.08. The smallest absolute Gasteiger partial charge is 0.261 e. The number of carbonyl (C=O) groups is 2. The van der Waals surface area contributed by atoms with E-state index in [2.05, 4.69) is 30.5 Å². The van der Waals surface area contributed by atoms with E-state index in [0.29, 0.717) is 76.6 Å². The molecule has 0 fully saturated rings. The van der Waals surface area contributed by atoms with E-state index in [9.17, 15) is 23.1 Å². The van der Waals surface area contributed by atoms with Gasteiger partial charge in [0, 0.05) is 54.7 Å². The number of amides is 2. The number of fused-ring (bicyclic) bond motifs is 1. The molecule has 4 aromatic carbocycles. The van der Waals surface area contributed by atoms with Gasteiger partial charge in [-0.15, -0.1) is 10.2 Å². The van der Waals surface area contributed by atoms with Crippen LogP contribution in [0.25, 0.3) is 22.2 Å². The first-order valence-corrected chi connectivity index (χ1v) is 19.5. The molecule has 0 saturated heterocycles. The van der Waals surface area contributed by atoms with Crippen LogP contribution in [0.1, 0.15) is 47.2 Å². The Morgan fingerprint density at radius 1 is 0.873 bits per heavy atom. The van der Waals surface area contributed by atoms with Crippen molar-refractivity contribution in [1.82, 2.24) is 25.8 Å². The van der Waals surface area contributed by atoms with E-state index in [4.69, 9.17) is 22.1 Å². The molecule has 55 heavy (non-hydrogen) atoms. The summed E-state index contributed by atoms with van der Waals surface area (Å²) < 4.78 is 34.5. The van der Waals surface area contributed by atoms with Gasteiger partial charge in [-0.3, -0.25) is 14.3 Å². The maximum Gasteiger partial charge on any atom is 0.261 e. The SMILES string of the molecule is Nc1nnc(-c2ccccc2O)cc1OCCc1ccc(C(=O)NCCCCCC(=O)NCc2ccc(S(=O)(=O)Nc3cccc4c(Cl)c[nH]c34)cc2)cc1. The van der Waals surface area contributed by atoms with E-state index >= 15 is 0 Å². The molecule has 0 aliphatic heterocycles. The third kappa shape index (κ3) is 10.1. The summed E-state index contributed by atoms with van der Waals surface area (Å²) in [6, 6.07) is 27.2. The van der Waals surface area contributed by atoms with Gasteiger partial charge in [0.1, 0.15) is 11.4 Å². The van der Waals surface area contributed by atoms with Gasteiger partial charge < -0.3 is 31.2 Å². The molecule has 0 saturated carbocycles. The van der Waals surface area contributed by atoms with Crippen molar-refractivity contribution >= 4 is 55.8 Å². The number of halogens is 1. The average molecular weight is 782 g/mol. The number of nitrogen functional groups attached to an aromatic ring is 1. The van der Waals surface area contributed by atoms with Crippen LogP contribution in [0.3, 0.4) is 0 Å². The quantitative estimate of drug-likeness (QED) is 0.0552. The van der Waals surface area contributed by atoms with Crippen LogP contribution >= 0.6 is 11.6 Å². The number of carbonyl (C=O) groups excluding carboxylic acids is 2. The molecule has 0 aliphatic carbocycles. The number of hydrogen-bond donors (Lipinski definition) is 6. The summed E-state index contributed by atoms with van der Waals surface area (Å²) in [5.74, 6) is 0.311. The number of phenols is 1. The Morgan fingerprint density at radius 2 is 1.64 bits per heavy atom. The van der Waals surface area contributed by atoms with E-state index < -0.39 is 10.0 Å². The van der Waals surface area contributed by atoms with Gasteiger partial charge in [0.05, 0.1) is 27.7 Å². The summed E-state index contributed by atoms with van der Waals surface area (Å²) in [4.78, 5) is 28.1. The monoisotopic (exact) mass is 781 g/mol. The Balaban J connectivity index is 0.850. The molecular weight excluding hydrogens is 742 g/mol. The minimum atomic E-state index is -3.85. The molecule has 0 unspecified atom stereocenters. The minimum absolute atomic E-state index is 0.0804. The van der Waals surface area contributed by atoms with Gasteiger partial charge in [0.2, 0.25) is 5.91 Å². The second kappa shape index (κ2) is 17.8. The number of aromatic amines is 1. The molecule has 2 heterocycles. The van der Waals surface area contributed by atoms with E-state index in [1.807, 2.05) is 12.1 Å². The van der Waals surface area contributed by atoms with Gasteiger partial charge in [-0.25, -0.2) is 8.42 Å². The van der Waals surface area contributed by atoms with Crippen molar-refractivity contribution in [2.24, 2.45) is 0 Å². The highest BCUT2D eigenvalue weighted by Crippen LogP contribution is 2.31. The molecule has 2 aromatic heterocycles. The van der Waals surface area contributed by atoms with Crippen LogP contribution in [0, 0.1) is 0 Å². The third-order valence-electron chi connectivity index (χ3n) is 8.83. The lowest BCUT2D eigenvalue weighted by Gasteiger charge is -2.11. The van der Waals surface area contributed by atoms with Crippen molar-refractivity contribution in [3.05, 3.63) is 125 Å². The molecule has 0 radical (unpaired) electrons. The molecule has 284 valence electrons. The van der Waals surface area contributed by atoms with Crippen molar-refractivity contribution in [1.29, 1.82) is 0 Å². The molecule has 2 amide bonds. The first-order valence-electron chi connectivity index (χ1n) is 17.6. The second-order valence-corrected chi connectivity index (χ2v) is 14.8. The lowest BCUT2D eigenvalue weighted by Crippen LogP contribution is -2.24.